The number of rotatable bonds is 16. The number of nitrogens with one attached hydrogen (secondary N) is 2. The molecule has 2 aromatic carbocycles. The molecule has 0 bridgehead atoms. The van der Waals surface area contributed by atoms with Crippen molar-refractivity contribution in [1.82, 2.24) is 10.3 Å². The van der Waals surface area contributed by atoms with Crippen LogP contribution in [0.2, 0.25) is 0 Å². The van der Waals surface area contributed by atoms with Gasteiger partial charge >= 0.3 is 5.97 Å². The first-order valence-corrected chi connectivity index (χ1v) is 16.6. The summed E-state index contributed by atoms with van der Waals surface area (Å²) in [6.45, 7) is 2.71. The van der Waals surface area contributed by atoms with E-state index in [1.165, 1.54) is 17.2 Å². The van der Waals surface area contributed by atoms with E-state index in [4.69, 9.17) is 16.8 Å². The average molecular weight is 624 g/mol. The lowest BCUT2D eigenvalue weighted by atomic mass is 9.72. The van der Waals surface area contributed by atoms with Crippen LogP contribution in [0.5, 0.6) is 0 Å². The molecule has 0 saturated heterocycles. The summed E-state index contributed by atoms with van der Waals surface area (Å²) in [4.78, 5) is 30.9. The van der Waals surface area contributed by atoms with E-state index in [-0.39, 0.29) is 23.9 Å². The fourth-order valence-electron chi connectivity index (χ4n) is 7.01. The van der Waals surface area contributed by atoms with E-state index in [0.29, 0.717) is 43.2 Å². The van der Waals surface area contributed by atoms with Gasteiger partial charge < -0.3 is 37.0 Å². The third-order valence-electron chi connectivity index (χ3n) is 9.35. The lowest BCUT2D eigenvalue weighted by Gasteiger charge is -2.39. The minimum absolute atomic E-state index is 0.102. The van der Waals surface area contributed by atoms with E-state index in [2.05, 4.69) is 58.6 Å². The number of aliphatic imine (C=N–C) groups is 1. The van der Waals surface area contributed by atoms with E-state index < -0.39 is 12.0 Å². The summed E-state index contributed by atoms with van der Waals surface area (Å²) < 4.78 is 0. The lowest BCUT2D eigenvalue weighted by Crippen LogP contribution is -2.47. The maximum atomic E-state index is 12.2. The number of benzene rings is 2. The Morgan fingerprint density at radius 1 is 1.17 bits per heavy atom. The summed E-state index contributed by atoms with van der Waals surface area (Å²) in [5.74, 6) is 0.299. The summed E-state index contributed by atoms with van der Waals surface area (Å²) in [5, 5.41) is 20.5. The highest BCUT2D eigenvalue weighted by atomic mass is 16.4. The number of nitrogens with two attached hydrogens (primary N) is 2. The molecule has 5 atom stereocenters. The number of hydrogen-bond acceptors (Lipinski definition) is 6. The zero-order valence-electron chi connectivity index (χ0n) is 26.7. The normalized spacial score (nSPS) is 20.8. The number of carbonyl (C=O) groups is 2. The number of unbranched alkanes of at least 4 members (excludes halogenated alkanes) is 1. The molecule has 1 aromatic heterocycles. The summed E-state index contributed by atoms with van der Waals surface area (Å²) in [6.07, 6.45) is 16.4. The molecule has 2 heterocycles. The first-order valence-electron chi connectivity index (χ1n) is 16.6. The molecular formula is C37H47N6O3-. The summed E-state index contributed by atoms with van der Waals surface area (Å²) >= 11 is 0. The first-order chi connectivity index (χ1) is 22.3. The van der Waals surface area contributed by atoms with Crippen LogP contribution in [0, 0.1) is 5.92 Å². The number of aromatic amines is 1. The Morgan fingerprint density at radius 3 is 2.76 bits per heavy atom. The molecule has 46 heavy (non-hydrogen) atoms. The van der Waals surface area contributed by atoms with Crippen LogP contribution in [0.4, 0.5) is 5.82 Å². The predicted octanol–water partition coefficient (Wildman–Crippen LogP) is 6.48. The highest BCUT2D eigenvalue weighted by molar-refractivity contribution is 5.88. The van der Waals surface area contributed by atoms with E-state index in [1.807, 2.05) is 24.4 Å². The third-order valence-corrected chi connectivity index (χ3v) is 9.35. The van der Waals surface area contributed by atoms with Gasteiger partial charge in [0.05, 0.1) is 6.04 Å². The highest BCUT2D eigenvalue weighted by Crippen LogP contribution is 2.44. The van der Waals surface area contributed by atoms with Gasteiger partial charge in [-0.3, -0.25) is 4.99 Å². The number of carboxylic acids is 1. The van der Waals surface area contributed by atoms with Crippen molar-refractivity contribution in [2.45, 2.75) is 88.8 Å². The smallest absolute Gasteiger partial charge is 0.328 e. The standard InChI is InChI=1S/C37H47N6O3/c1-2-3-6-29(38)7-4-8-30-27(13-12-26-20-25-11-10-24(15-18-44)19-28(25)21-31(26)30)22-34(42-35-9-5-16-40-35)32(23-36(45)46)33-14-17-41-37(39)43-33/h5,9-13,16,18-21,23,27,29-30,33-34,40H,2-4,6-8,14-15,17,22,38H2,1H3,(H,45,46)(H3,39,41,43)/q-1/b32-23+/t27-,29-,30-,33+,34+/m0/s1. The van der Waals surface area contributed by atoms with Gasteiger partial charge in [-0.25, -0.2) is 4.79 Å². The Hall–Kier alpha value is -4.37. The molecule has 0 radical (unpaired) electrons. The topological polar surface area (TPSA) is 161 Å². The number of aldehydes is 1. The van der Waals surface area contributed by atoms with Crippen LogP contribution in [-0.4, -0.2) is 53.0 Å². The van der Waals surface area contributed by atoms with Gasteiger partial charge in [0.1, 0.15) is 6.29 Å². The second-order valence-corrected chi connectivity index (χ2v) is 12.7. The molecule has 1 aliphatic heterocycles. The first kappa shape index (κ1) is 33.0. The fourth-order valence-corrected chi connectivity index (χ4v) is 7.01. The molecule has 0 fully saturated rings. The van der Waals surface area contributed by atoms with Crippen LogP contribution in [0.1, 0.15) is 80.9 Å². The van der Waals surface area contributed by atoms with Gasteiger partial charge in [-0.15, -0.1) is 0 Å². The highest BCUT2D eigenvalue weighted by Gasteiger charge is 2.31. The number of allylic oxidation sites excluding steroid dienone is 1. The van der Waals surface area contributed by atoms with Crippen LogP contribution in [0.25, 0.3) is 22.2 Å². The second-order valence-electron chi connectivity index (χ2n) is 12.7. The van der Waals surface area contributed by atoms with Crippen molar-refractivity contribution < 1.29 is 14.7 Å². The number of aliphatic carboxylic acids is 1. The van der Waals surface area contributed by atoms with Crippen LogP contribution in [0.15, 0.2) is 71.4 Å². The van der Waals surface area contributed by atoms with Crippen molar-refractivity contribution in [2.24, 2.45) is 22.4 Å². The largest absolute Gasteiger partial charge is 0.478 e. The monoisotopic (exact) mass is 623 g/mol. The Kier molecular flexibility index (Phi) is 11.3. The van der Waals surface area contributed by atoms with Gasteiger partial charge in [0, 0.05) is 25.1 Å². The van der Waals surface area contributed by atoms with Gasteiger partial charge in [-0.1, -0.05) is 86.8 Å². The number of carbonyl (C=O) groups excluding carboxylic acids is 1. The maximum Gasteiger partial charge on any atom is 0.328 e. The van der Waals surface area contributed by atoms with Crippen LogP contribution >= 0.6 is 0 Å². The number of guanidine groups is 1. The molecular weight excluding hydrogens is 576 g/mol. The maximum absolute atomic E-state index is 12.2. The number of aromatic nitrogens is 1. The zero-order valence-corrected chi connectivity index (χ0v) is 26.7. The second kappa shape index (κ2) is 15.8. The van der Waals surface area contributed by atoms with E-state index in [1.54, 1.807) is 0 Å². The number of carboxylic acid groups (broad SMARTS) is 1. The Labute approximate surface area is 271 Å². The van der Waals surface area contributed by atoms with Gasteiger partial charge in [0.2, 0.25) is 0 Å². The average Bonchev–Trinajstić information content (AvgIpc) is 3.55. The molecule has 3 aromatic rings. The van der Waals surface area contributed by atoms with Crippen molar-refractivity contribution in [2.75, 3.05) is 6.54 Å². The van der Waals surface area contributed by atoms with E-state index in [0.717, 1.165) is 61.1 Å². The van der Waals surface area contributed by atoms with Crippen LogP contribution in [-0.2, 0) is 16.0 Å². The molecule has 7 N–H and O–H groups in total. The van der Waals surface area contributed by atoms with Crippen LogP contribution in [0.3, 0.4) is 0 Å². The van der Waals surface area contributed by atoms with Gasteiger partial charge in [-0.05, 0) is 89.1 Å². The molecule has 0 amide bonds. The number of fused-ring (bicyclic) bond motifs is 2. The van der Waals surface area contributed by atoms with Crippen LogP contribution < -0.4 is 16.8 Å². The summed E-state index contributed by atoms with van der Waals surface area (Å²) in [5.41, 5.74) is 16.7. The molecule has 5 rings (SSSR count). The molecule has 9 heteroatoms. The molecule has 1 aliphatic carbocycles. The van der Waals surface area contributed by atoms with Gasteiger partial charge in [0.25, 0.3) is 0 Å². The van der Waals surface area contributed by atoms with Gasteiger partial charge in [0.15, 0.2) is 5.96 Å². The molecule has 0 saturated carbocycles. The van der Waals surface area contributed by atoms with Crippen molar-refractivity contribution in [3.8, 4) is 0 Å². The minimum Gasteiger partial charge on any atom is -0.478 e. The molecule has 9 nitrogen and oxygen atoms in total. The molecule has 0 unspecified atom stereocenters. The van der Waals surface area contributed by atoms with E-state index in [9.17, 15) is 14.7 Å². The number of hydrogen-bond donors (Lipinski definition) is 5. The predicted molar refractivity (Wildman–Crippen MR) is 186 cm³/mol. The number of H-pyrrole nitrogens is 1. The van der Waals surface area contributed by atoms with Crippen molar-refractivity contribution in [3.63, 3.8) is 0 Å². The fraction of sp³-hybridized carbons (Fsp3) is 0.432. The van der Waals surface area contributed by atoms with E-state index >= 15 is 0 Å². The Morgan fingerprint density at radius 2 is 2.02 bits per heavy atom. The van der Waals surface area contributed by atoms with Crippen molar-refractivity contribution >= 4 is 40.9 Å². The molecule has 244 valence electrons. The molecule has 2 aliphatic rings. The number of nitrogens with zero attached hydrogens (tertiary/aromatic N) is 2. The lowest BCUT2D eigenvalue weighted by molar-refractivity contribution is -0.131. The Bertz CT molecular complexity index is 1580. The zero-order chi connectivity index (χ0) is 32.5. The Balaban J connectivity index is 1.50. The third kappa shape index (κ3) is 8.46. The molecule has 0 spiro atoms. The van der Waals surface area contributed by atoms with Crippen molar-refractivity contribution in [1.29, 1.82) is 0 Å². The van der Waals surface area contributed by atoms with Crippen molar-refractivity contribution in [3.05, 3.63) is 88.4 Å². The summed E-state index contributed by atoms with van der Waals surface area (Å²) in [6, 6.07) is 14.1. The SMILES string of the molecule is CCCC[C@H](N)CCC[C@@H]1c2cc3cc(CC=O)ccc3cc2C=C[C@H]1C[C@@H]([N-]c1ccc[nH]1)/C(=C/C(=O)O)[C@H]1CCN=C(N)N1. The quantitative estimate of drug-likeness (QED) is 0.0907. The minimum atomic E-state index is -1.01. The van der Waals surface area contributed by atoms with Gasteiger partial charge in [-0.2, -0.15) is 0 Å². The summed E-state index contributed by atoms with van der Waals surface area (Å²) in [7, 11) is 0.